The molecule has 2 amide bonds. The number of carbonyl (C=O) groups is 2. The summed E-state index contributed by atoms with van der Waals surface area (Å²) in [6.07, 6.45) is 1.90. The Hall–Kier alpha value is -2.82. The van der Waals surface area contributed by atoms with Crippen LogP contribution in [0.4, 0.5) is 10.5 Å². The maximum Gasteiger partial charge on any atom is 0.407 e. The summed E-state index contributed by atoms with van der Waals surface area (Å²) in [6.45, 7) is 6.62. The topological polar surface area (TPSA) is 157 Å². The van der Waals surface area contributed by atoms with E-state index in [0.717, 1.165) is 6.26 Å². The van der Waals surface area contributed by atoms with Crippen molar-refractivity contribution in [2.75, 3.05) is 24.2 Å². The highest BCUT2D eigenvalue weighted by Crippen LogP contribution is 2.26. The molecule has 0 spiro atoms. The number of guanidine groups is 1. The number of rotatable bonds is 4. The molecule has 0 radical (unpaired) electrons. The van der Waals surface area contributed by atoms with E-state index in [-0.39, 0.29) is 16.5 Å². The van der Waals surface area contributed by atoms with Crippen molar-refractivity contribution in [1.29, 1.82) is 0 Å². The van der Waals surface area contributed by atoms with Gasteiger partial charge in [-0.05, 0) is 51.8 Å². The average molecular weight is 440 g/mol. The predicted octanol–water partition coefficient (Wildman–Crippen LogP) is 0.997. The molecule has 1 heterocycles. The highest BCUT2D eigenvalue weighted by atomic mass is 32.2. The molecule has 0 atom stereocenters. The number of amides is 2. The molecule has 1 aromatic carbocycles. The van der Waals surface area contributed by atoms with Crippen LogP contribution in [0.25, 0.3) is 0 Å². The lowest BCUT2D eigenvalue weighted by molar-refractivity contribution is 0.0497. The number of benzene rings is 1. The highest BCUT2D eigenvalue weighted by Gasteiger charge is 2.25. The number of alkyl carbamates (subject to hydrolysis) is 1. The van der Waals surface area contributed by atoms with Crippen molar-refractivity contribution in [3.63, 3.8) is 0 Å². The summed E-state index contributed by atoms with van der Waals surface area (Å²) in [5.74, 6) is -1.27. The number of ether oxygens (including phenoxy) is 1. The van der Waals surface area contributed by atoms with E-state index in [2.05, 4.69) is 10.3 Å². The van der Waals surface area contributed by atoms with Gasteiger partial charge in [0.15, 0.2) is 15.8 Å². The second-order valence-electron chi connectivity index (χ2n) is 8.20. The molecule has 30 heavy (non-hydrogen) atoms. The normalized spacial score (nSPS) is 15.4. The van der Waals surface area contributed by atoms with E-state index < -0.39 is 33.4 Å². The second-order valence-corrected chi connectivity index (χ2v) is 10.2. The maximum atomic E-state index is 12.4. The van der Waals surface area contributed by atoms with Gasteiger partial charge in [-0.2, -0.15) is 4.99 Å². The van der Waals surface area contributed by atoms with Gasteiger partial charge in [0.25, 0.3) is 5.91 Å². The van der Waals surface area contributed by atoms with Crippen LogP contribution in [0.15, 0.2) is 28.1 Å². The number of carbonyl (C=O) groups excluding carboxylic acids is 2. The monoisotopic (exact) mass is 439 g/mol. The van der Waals surface area contributed by atoms with E-state index in [1.54, 1.807) is 26.8 Å². The van der Waals surface area contributed by atoms with Gasteiger partial charge in [-0.1, -0.05) is 0 Å². The number of nitrogens with one attached hydrogen (secondary N) is 1. The van der Waals surface area contributed by atoms with Crippen molar-refractivity contribution < 1.29 is 22.7 Å². The summed E-state index contributed by atoms with van der Waals surface area (Å²) >= 11 is 0. The molecule has 10 nitrogen and oxygen atoms in total. The largest absolute Gasteiger partial charge is 0.444 e. The molecular weight excluding hydrogens is 410 g/mol. The zero-order chi connectivity index (χ0) is 22.7. The number of nitrogens with zero attached hydrogens (tertiary/aromatic N) is 2. The Morgan fingerprint density at radius 2 is 1.80 bits per heavy atom. The second kappa shape index (κ2) is 8.90. The van der Waals surface area contributed by atoms with E-state index >= 15 is 0 Å². The Bertz CT molecular complexity index is 941. The molecule has 0 aliphatic carbocycles. The Balaban J connectivity index is 2.15. The maximum absolute atomic E-state index is 12.4. The number of hydrogen-bond acceptors (Lipinski definition) is 6. The molecule has 5 N–H and O–H groups in total. The predicted molar refractivity (Wildman–Crippen MR) is 114 cm³/mol. The number of sulfone groups is 1. The number of piperidine rings is 1. The minimum absolute atomic E-state index is 0.0332. The molecule has 0 bridgehead atoms. The molecule has 1 saturated heterocycles. The lowest BCUT2D eigenvalue weighted by Crippen LogP contribution is -2.46. The highest BCUT2D eigenvalue weighted by molar-refractivity contribution is 7.90. The van der Waals surface area contributed by atoms with Gasteiger partial charge in [-0.25, -0.2) is 13.2 Å². The molecule has 0 unspecified atom stereocenters. The quantitative estimate of drug-likeness (QED) is 0.463. The number of nitrogens with two attached hydrogens (primary N) is 2. The van der Waals surface area contributed by atoms with Gasteiger partial charge in [-0.15, -0.1) is 0 Å². The van der Waals surface area contributed by atoms with Crippen molar-refractivity contribution in [2.45, 2.75) is 50.2 Å². The van der Waals surface area contributed by atoms with E-state index in [4.69, 9.17) is 16.2 Å². The molecule has 1 aliphatic heterocycles. The van der Waals surface area contributed by atoms with Crippen LogP contribution in [-0.4, -0.2) is 57.4 Å². The zero-order valence-corrected chi connectivity index (χ0v) is 18.5. The van der Waals surface area contributed by atoms with Crippen molar-refractivity contribution in [3.8, 4) is 0 Å². The lowest BCUT2D eigenvalue weighted by Gasteiger charge is -2.34. The van der Waals surface area contributed by atoms with Crippen LogP contribution in [0.3, 0.4) is 0 Å². The lowest BCUT2D eigenvalue weighted by atomic mass is 10.0. The van der Waals surface area contributed by atoms with Gasteiger partial charge in [0.05, 0.1) is 10.5 Å². The Labute approximate surface area is 176 Å². The first-order valence-electron chi connectivity index (χ1n) is 9.49. The van der Waals surface area contributed by atoms with Crippen molar-refractivity contribution in [3.05, 3.63) is 23.8 Å². The van der Waals surface area contributed by atoms with Gasteiger partial charge in [-0.3, -0.25) is 4.79 Å². The SMILES string of the molecule is CC(C)(C)OC(=O)NC1CCN(c2ccc(S(C)(=O)=O)c(C(=O)N=C(N)N)c2)CC1. The summed E-state index contributed by atoms with van der Waals surface area (Å²) in [4.78, 5) is 29.6. The number of anilines is 1. The van der Waals surface area contributed by atoms with E-state index in [1.807, 2.05) is 4.90 Å². The number of aliphatic imine (C=N–C) groups is 1. The summed E-state index contributed by atoms with van der Waals surface area (Å²) in [5, 5.41) is 2.86. The minimum atomic E-state index is -3.65. The fourth-order valence-electron chi connectivity index (χ4n) is 3.14. The van der Waals surface area contributed by atoms with Crippen LogP contribution in [-0.2, 0) is 14.6 Å². The van der Waals surface area contributed by atoms with Crippen LogP contribution in [0.1, 0.15) is 44.0 Å². The van der Waals surface area contributed by atoms with Gasteiger partial charge >= 0.3 is 6.09 Å². The third-order valence-corrected chi connectivity index (χ3v) is 5.56. The first-order chi connectivity index (χ1) is 13.8. The summed E-state index contributed by atoms with van der Waals surface area (Å²) < 4.78 is 29.4. The van der Waals surface area contributed by atoms with Crippen LogP contribution in [0.5, 0.6) is 0 Å². The van der Waals surface area contributed by atoms with Crippen molar-refractivity contribution in [1.82, 2.24) is 5.32 Å². The summed E-state index contributed by atoms with van der Waals surface area (Å²) in [6, 6.07) is 4.47. The zero-order valence-electron chi connectivity index (χ0n) is 17.6. The molecule has 11 heteroatoms. The van der Waals surface area contributed by atoms with E-state index in [1.165, 1.54) is 12.1 Å². The minimum Gasteiger partial charge on any atom is -0.444 e. The third-order valence-electron chi connectivity index (χ3n) is 4.40. The summed E-state index contributed by atoms with van der Waals surface area (Å²) in [5.41, 5.74) is 10.6. The fourth-order valence-corrected chi connectivity index (χ4v) is 4.00. The molecule has 166 valence electrons. The van der Waals surface area contributed by atoms with Crippen molar-refractivity contribution >= 4 is 33.5 Å². The standard InChI is InChI=1S/C19H29N5O5S/c1-19(2,3)29-18(26)22-12-7-9-24(10-8-12)13-5-6-15(30(4,27)28)14(11-13)16(25)23-17(20)21/h5-6,11-12H,7-10H2,1-4H3,(H,22,26)(H4,20,21,23,25). The smallest absolute Gasteiger partial charge is 0.407 e. The van der Waals surface area contributed by atoms with Crippen LogP contribution < -0.4 is 21.7 Å². The van der Waals surface area contributed by atoms with Crippen LogP contribution in [0.2, 0.25) is 0 Å². The molecule has 0 aromatic heterocycles. The van der Waals surface area contributed by atoms with Crippen LogP contribution >= 0.6 is 0 Å². The van der Waals surface area contributed by atoms with Crippen molar-refractivity contribution in [2.24, 2.45) is 16.5 Å². The number of hydrogen-bond donors (Lipinski definition) is 3. The average Bonchev–Trinajstić information content (AvgIpc) is 2.59. The van der Waals surface area contributed by atoms with E-state index in [9.17, 15) is 18.0 Å². The molecule has 1 fully saturated rings. The Kier molecular flexibility index (Phi) is 6.96. The first kappa shape index (κ1) is 23.5. The fraction of sp³-hybridized carbons (Fsp3) is 0.526. The van der Waals surface area contributed by atoms with Crippen LogP contribution in [0, 0.1) is 0 Å². The Morgan fingerprint density at radius 3 is 2.30 bits per heavy atom. The first-order valence-corrected chi connectivity index (χ1v) is 11.4. The molecule has 1 aromatic rings. The third kappa shape index (κ3) is 6.61. The molecular formula is C19H29N5O5S. The van der Waals surface area contributed by atoms with E-state index in [0.29, 0.717) is 31.6 Å². The van der Waals surface area contributed by atoms with Gasteiger partial charge in [0, 0.05) is 31.1 Å². The van der Waals surface area contributed by atoms with Gasteiger partial charge in [0.2, 0.25) is 0 Å². The van der Waals surface area contributed by atoms with Gasteiger partial charge in [0.1, 0.15) is 5.60 Å². The molecule has 1 aliphatic rings. The molecule has 2 rings (SSSR count). The molecule has 0 saturated carbocycles. The van der Waals surface area contributed by atoms with Gasteiger partial charge < -0.3 is 26.4 Å². The Morgan fingerprint density at radius 1 is 1.20 bits per heavy atom. The summed E-state index contributed by atoms with van der Waals surface area (Å²) in [7, 11) is -3.65.